The van der Waals surface area contributed by atoms with E-state index in [0.717, 1.165) is 42.8 Å². The second kappa shape index (κ2) is 7.14. The average molecular weight is 323 g/mol. The van der Waals surface area contributed by atoms with E-state index in [1.165, 1.54) is 0 Å². The van der Waals surface area contributed by atoms with Crippen molar-refractivity contribution >= 4 is 5.91 Å². The third-order valence-corrected chi connectivity index (χ3v) is 4.80. The van der Waals surface area contributed by atoms with E-state index >= 15 is 0 Å². The number of piperidine rings is 1. The van der Waals surface area contributed by atoms with Gasteiger partial charge in [0.2, 0.25) is 0 Å². The molecule has 2 heterocycles. The molecule has 0 aliphatic carbocycles. The molecule has 1 aromatic carbocycles. The number of nitrogens with two attached hydrogens (primary N) is 1. The Morgan fingerprint density at radius 3 is 2.62 bits per heavy atom. The van der Waals surface area contributed by atoms with Gasteiger partial charge in [-0.15, -0.1) is 0 Å². The monoisotopic (exact) mass is 323 g/mol. The van der Waals surface area contributed by atoms with Crippen molar-refractivity contribution in [3.63, 3.8) is 0 Å². The summed E-state index contributed by atoms with van der Waals surface area (Å²) in [4.78, 5) is 19.6. The minimum absolute atomic E-state index is 0.00823. The van der Waals surface area contributed by atoms with Gasteiger partial charge >= 0.3 is 0 Å². The second-order valence-electron chi connectivity index (χ2n) is 6.62. The molecule has 24 heavy (non-hydrogen) atoms. The molecule has 2 N–H and O–H groups in total. The van der Waals surface area contributed by atoms with E-state index < -0.39 is 0 Å². The maximum atomic E-state index is 13.0. The lowest BCUT2D eigenvalue weighted by molar-refractivity contribution is 0.0582. The first kappa shape index (κ1) is 16.7. The Kier molecular flexibility index (Phi) is 4.95. The first-order valence-electron chi connectivity index (χ1n) is 8.67. The number of aromatic nitrogens is 1. The number of carbonyl (C=O) groups excluding carboxylic acids is 1. The van der Waals surface area contributed by atoms with Crippen LogP contribution in [0.4, 0.5) is 0 Å². The fourth-order valence-corrected chi connectivity index (χ4v) is 3.47. The maximum absolute atomic E-state index is 13.0. The average Bonchev–Trinajstić information content (AvgIpc) is 2.62. The lowest BCUT2D eigenvalue weighted by atomic mass is 9.95. The number of pyridine rings is 1. The molecular weight excluding hydrogens is 298 g/mol. The number of hydrogen-bond acceptors (Lipinski definition) is 3. The van der Waals surface area contributed by atoms with Crippen molar-refractivity contribution in [2.75, 3.05) is 6.54 Å². The van der Waals surface area contributed by atoms with Crippen LogP contribution in [0, 0.1) is 6.92 Å². The molecule has 1 fully saturated rings. The Hall–Kier alpha value is -2.20. The number of amides is 1. The fourth-order valence-electron chi connectivity index (χ4n) is 3.47. The van der Waals surface area contributed by atoms with Crippen molar-refractivity contribution in [1.29, 1.82) is 0 Å². The molecule has 1 aliphatic rings. The molecule has 126 valence electrons. The molecule has 2 aromatic rings. The van der Waals surface area contributed by atoms with Gasteiger partial charge in [0.15, 0.2) is 0 Å². The Labute approximate surface area is 143 Å². The summed E-state index contributed by atoms with van der Waals surface area (Å²) in [5.41, 5.74) is 9.51. The minimum Gasteiger partial charge on any atom is -0.334 e. The van der Waals surface area contributed by atoms with Crippen LogP contribution >= 0.6 is 0 Å². The van der Waals surface area contributed by atoms with Gasteiger partial charge in [-0.05, 0) is 45.2 Å². The molecule has 1 aromatic heterocycles. The van der Waals surface area contributed by atoms with Crippen molar-refractivity contribution in [3.05, 3.63) is 53.7 Å². The van der Waals surface area contributed by atoms with Crippen LogP contribution in [0.1, 0.15) is 42.2 Å². The van der Waals surface area contributed by atoms with Crippen molar-refractivity contribution < 1.29 is 4.79 Å². The quantitative estimate of drug-likeness (QED) is 0.942. The van der Waals surface area contributed by atoms with Crippen molar-refractivity contribution in [2.45, 2.75) is 45.2 Å². The number of carbonyl (C=O) groups is 1. The van der Waals surface area contributed by atoms with Crippen LogP contribution < -0.4 is 5.73 Å². The molecule has 1 aliphatic heterocycles. The highest BCUT2D eigenvalue weighted by atomic mass is 16.2. The molecule has 2 unspecified atom stereocenters. The largest absolute Gasteiger partial charge is 0.334 e. The Morgan fingerprint density at radius 2 is 1.96 bits per heavy atom. The van der Waals surface area contributed by atoms with Gasteiger partial charge in [0, 0.05) is 24.2 Å². The highest BCUT2D eigenvalue weighted by Gasteiger charge is 2.30. The highest BCUT2D eigenvalue weighted by molar-refractivity contribution is 5.95. The molecule has 4 heteroatoms. The van der Waals surface area contributed by atoms with Gasteiger partial charge in [-0.25, -0.2) is 0 Å². The number of aryl methyl sites for hydroxylation is 1. The van der Waals surface area contributed by atoms with Crippen LogP contribution in [-0.2, 0) is 0 Å². The van der Waals surface area contributed by atoms with Gasteiger partial charge in [-0.1, -0.05) is 30.3 Å². The maximum Gasteiger partial charge on any atom is 0.255 e. The molecule has 3 rings (SSSR count). The minimum atomic E-state index is -0.00823. The summed E-state index contributed by atoms with van der Waals surface area (Å²) in [6.45, 7) is 4.68. The van der Waals surface area contributed by atoms with Crippen LogP contribution in [-0.4, -0.2) is 34.4 Å². The highest BCUT2D eigenvalue weighted by Crippen LogP contribution is 2.24. The predicted octanol–water partition coefficient (Wildman–Crippen LogP) is 3.40. The summed E-state index contributed by atoms with van der Waals surface area (Å²) in [6, 6.07) is 14.0. The lowest BCUT2D eigenvalue weighted by Gasteiger charge is -2.38. The normalized spacial score (nSPS) is 19.1. The summed E-state index contributed by atoms with van der Waals surface area (Å²) in [7, 11) is 0. The number of likely N-dealkylation sites (tertiary alicyclic amines) is 1. The Morgan fingerprint density at radius 1 is 1.21 bits per heavy atom. The van der Waals surface area contributed by atoms with E-state index in [1.807, 2.05) is 61.2 Å². The van der Waals surface area contributed by atoms with E-state index in [9.17, 15) is 4.79 Å². The molecule has 0 spiro atoms. The van der Waals surface area contributed by atoms with E-state index in [0.29, 0.717) is 5.56 Å². The summed E-state index contributed by atoms with van der Waals surface area (Å²) in [5, 5.41) is 0. The van der Waals surface area contributed by atoms with E-state index in [-0.39, 0.29) is 18.0 Å². The van der Waals surface area contributed by atoms with Crippen LogP contribution in [0.2, 0.25) is 0 Å². The summed E-state index contributed by atoms with van der Waals surface area (Å²) < 4.78 is 0. The molecular formula is C20H25N3O. The van der Waals surface area contributed by atoms with E-state index in [2.05, 4.69) is 4.98 Å². The fraction of sp³-hybridized carbons (Fsp3) is 0.400. The van der Waals surface area contributed by atoms with Gasteiger partial charge in [0.25, 0.3) is 5.91 Å². The third-order valence-electron chi connectivity index (χ3n) is 4.80. The van der Waals surface area contributed by atoms with Gasteiger partial charge < -0.3 is 10.6 Å². The number of nitrogens with zero attached hydrogens (tertiary/aromatic N) is 2. The molecule has 1 amide bonds. The number of hydrogen-bond donors (Lipinski definition) is 1. The third kappa shape index (κ3) is 3.34. The van der Waals surface area contributed by atoms with Crippen LogP contribution in [0.5, 0.6) is 0 Å². The molecule has 4 nitrogen and oxygen atoms in total. The Bertz CT molecular complexity index is 712. The smallest absolute Gasteiger partial charge is 0.255 e. The van der Waals surface area contributed by atoms with Gasteiger partial charge in [0.1, 0.15) is 0 Å². The van der Waals surface area contributed by atoms with Gasteiger partial charge in [-0.2, -0.15) is 0 Å². The summed E-state index contributed by atoms with van der Waals surface area (Å²) >= 11 is 0. The van der Waals surface area contributed by atoms with Crippen LogP contribution in [0.3, 0.4) is 0 Å². The zero-order valence-corrected chi connectivity index (χ0v) is 14.4. The number of benzene rings is 1. The van der Waals surface area contributed by atoms with E-state index in [4.69, 9.17) is 5.73 Å². The molecule has 0 saturated carbocycles. The topological polar surface area (TPSA) is 59.2 Å². The second-order valence-corrected chi connectivity index (χ2v) is 6.62. The zero-order chi connectivity index (χ0) is 17.1. The SMILES string of the molecule is Cc1nc(-c2ccccc2)ccc1C(=O)N1CCCCC1C(C)N. The Balaban J connectivity index is 1.87. The summed E-state index contributed by atoms with van der Waals surface area (Å²) in [5.74, 6) is 0.0570. The number of rotatable bonds is 3. The first-order valence-corrected chi connectivity index (χ1v) is 8.67. The standard InChI is InChI=1S/C20H25N3O/c1-14(21)19-10-6-7-13-23(19)20(24)17-11-12-18(22-15(17)2)16-8-4-3-5-9-16/h3-5,8-9,11-12,14,19H,6-7,10,13,21H2,1-2H3. The first-order chi connectivity index (χ1) is 11.6. The molecule has 0 bridgehead atoms. The van der Waals surface area contributed by atoms with Crippen LogP contribution in [0.25, 0.3) is 11.3 Å². The van der Waals surface area contributed by atoms with Gasteiger partial charge in [0.05, 0.1) is 17.0 Å². The zero-order valence-electron chi connectivity index (χ0n) is 14.4. The van der Waals surface area contributed by atoms with Crippen LogP contribution in [0.15, 0.2) is 42.5 Å². The lowest BCUT2D eigenvalue weighted by Crippen LogP contribution is -2.51. The summed E-state index contributed by atoms with van der Waals surface area (Å²) in [6.07, 6.45) is 3.17. The van der Waals surface area contributed by atoms with Crippen molar-refractivity contribution in [3.8, 4) is 11.3 Å². The predicted molar refractivity (Wildman–Crippen MR) is 96.7 cm³/mol. The van der Waals surface area contributed by atoms with Gasteiger partial charge in [-0.3, -0.25) is 9.78 Å². The molecule has 2 atom stereocenters. The molecule has 0 radical (unpaired) electrons. The van der Waals surface area contributed by atoms with E-state index in [1.54, 1.807) is 0 Å². The van der Waals surface area contributed by atoms with Crippen molar-refractivity contribution in [1.82, 2.24) is 9.88 Å². The molecule has 1 saturated heterocycles. The van der Waals surface area contributed by atoms with Crippen molar-refractivity contribution in [2.24, 2.45) is 5.73 Å².